The van der Waals surface area contributed by atoms with Gasteiger partial charge in [0.05, 0.1) is 31.4 Å². The molecule has 0 aliphatic rings. The van der Waals surface area contributed by atoms with Crippen molar-refractivity contribution in [1.82, 2.24) is 14.5 Å². The second kappa shape index (κ2) is 12.3. The summed E-state index contributed by atoms with van der Waals surface area (Å²) in [7, 11) is 2.77. The van der Waals surface area contributed by atoms with Crippen molar-refractivity contribution in [3.8, 4) is 17.2 Å². The number of amides is 1. The molecule has 0 saturated heterocycles. The summed E-state index contributed by atoms with van der Waals surface area (Å²) in [6, 6.07) is 11.3. The van der Waals surface area contributed by atoms with Gasteiger partial charge in [-0.05, 0) is 48.4 Å². The third-order valence-electron chi connectivity index (χ3n) is 5.16. The number of likely N-dealkylation sites (N-methyl/N-ethyl adjacent to an activating group) is 1. The molecule has 0 atom stereocenters. The average Bonchev–Trinajstić information content (AvgIpc) is 3.31. The molecule has 1 N–H and O–H groups in total. The number of nitrogens with zero attached hydrogens (tertiary/aromatic N) is 3. The summed E-state index contributed by atoms with van der Waals surface area (Å²) in [5, 5.41) is 8.92. The van der Waals surface area contributed by atoms with Crippen molar-refractivity contribution < 1.29 is 42.1 Å². The van der Waals surface area contributed by atoms with Gasteiger partial charge in [0.25, 0.3) is 5.91 Å². The molecule has 12 heteroatoms. The lowest BCUT2D eigenvalue weighted by molar-refractivity contribution is -0.196. The predicted molar refractivity (Wildman–Crippen MR) is 130 cm³/mol. The zero-order chi connectivity index (χ0) is 27.9. The monoisotopic (exact) mass is 533 g/mol. The molecule has 0 saturated carbocycles. The van der Waals surface area contributed by atoms with E-state index in [0.717, 1.165) is 16.7 Å². The fraction of sp³-hybridized carbons (Fsp3) is 0.269. The van der Waals surface area contributed by atoms with Crippen LogP contribution >= 0.6 is 0 Å². The molecule has 2 aromatic carbocycles. The van der Waals surface area contributed by atoms with Gasteiger partial charge in [0.2, 0.25) is 0 Å². The molecule has 0 aliphatic heterocycles. The van der Waals surface area contributed by atoms with Gasteiger partial charge in [-0.25, -0.2) is 9.78 Å². The zero-order valence-electron chi connectivity index (χ0n) is 20.9. The fourth-order valence-electron chi connectivity index (χ4n) is 3.43. The molecule has 1 aromatic heterocycles. The fourth-order valence-corrected chi connectivity index (χ4v) is 3.43. The van der Waals surface area contributed by atoms with Crippen molar-refractivity contribution in [1.29, 1.82) is 0 Å². The Morgan fingerprint density at radius 2 is 1.95 bits per heavy atom. The number of aryl methyl sites for hydroxylation is 1. The summed E-state index contributed by atoms with van der Waals surface area (Å²) in [5.74, 6) is -3.52. The Hall–Kier alpha value is -4.32. The first-order chi connectivity index (χ1) is 18.0. The third kappa shape index (κ3) is 7.35. The van der Waals surface area contributed by atoms with E-state index in [1.807, 2.05) is 6.92 Å². The Balaban J connectivity index is 1.91. The Morgan fingerprint density at radius 3 is 2.58 bits per heavy atom. The van der Waals surface area contributed by atoms with Gasteiger partial charge in [-0.1, -0.05) is 18.2 Å². The molecule has 1 amide bonds. The molecule has 202 valence electrons. The number of imidazole rings is 1. The number of hydrogen-bond donors (Lipinski definition) is 1. The number of carbonyl (C=O) groups excluding carboxylic acids is 2. The van der Waals surface area contributed by atoms with E-state index in [-0.39, 0.29) is 25.3 Å². The van der Waals surface area contributed by atoms with Crippen LogP contribution in [-0.2, 0) is 20.9 Å². The number of aliphatic hydroxyl groups excluding tert-OH is 1. The van der Waals surface area contributed by atoms with Gasteiger partial charge in [-0.15, -0.1) is 0 Å². The molecule has 9 nitrogen and oxygen atoms in total. The molecule has 38 heavy (non-hydrogen) atoms. The number of aromatic nitrogens is 2. The van der Waals surface area contributed by atoms with Crippen LogP contribution in [0.2, 0.25) is 0 Å². The van der Waals surface area contributed by atoms with E-state index in [4.69, 9.17) is 14.6 Å². The smallest absolute Gasteiger partial charge is 0.491 e. The van der Waals surface area contributed by atoms with Crippen LogP contribution in [0.3, 0.4) is 0 Å². The SMILES string of the molecule is COc1cc(/C=C(/OC(=O)C(F)(F)F)C(=O)N(C)Cc2cccc(OCCO)c2)ccc1-n1cnc(C)c1. The number of halogens is 3. The van der Waals surface area contributed by atoms with Crippen molar-refractivity contribution in [3.63, 3.8) is 0 Å². The first-order valence-corrected chi connectivity index (χ1v) is 11.3. The molecule has 1 heterocycles. The Morgan fingerprint density at radius 1 is 1.18 bits per heavy atom. The summed E-state index contributed by atoms with van der Waals surface area (Å²) in [6.45, 7) is 1.66. The van der Waals surface area contributed by atoms with Gasteiger partial charge in [0.15, 0.2) is 5.76 Å². The number of benzene rings is 2. The first kappa shape index (κ1) is 28.3. The van der Waals surface area contributed by atoms with Crippen LogP contribution < -0.4 is 9.47 Å². The average molecular weight is 534 g/mol. The highest BCUT2D eigenvalue weighted by atomic mass is 19.4. The van der Waals surface area contributed by atoms with Gasteiger partial charge >= 0.3 is 12.1 Å². The Bertz CT molecular complexity index is 1320. The summed E-state index contributed by atoms with van der Waals surface area (Å²) in [4.78, 5) is 30.0. The normalized spacial score (nSPS) is 11.7. The summed E-state index contributed by atoms with van der Waals surface area (Å²) < 4.78 is 55.9. The van der Waals surface area contributed by atoms with Crippen molar-refractivity contribution in [2.24, 2.45) is 0 Å². The standard InChI is InChI=1S/C26H26F3N3O6/c1-17-14-32(16-30-17)21-8-7-18(12-22(21)36-3)13-23(38-25(35)26(27,28)29)24(34)31(2)15-19-5-4-6-20(11-19)37-10-9-33/h4-8,11-14,16,33H,9-10,15H2,1-3H3/b23-13+. The van der Waals surface area contributed by atoms with E-state index < -0.39 is 23.8 Å². The maximum absolute atomic E-state index is 13.1. The van der Waals surface area contributed by atoms with Crippen LogP contribution in [0.5, 0.6) is 11.5 Å². The molecule has 0 spiro atoms. The third-order valence-corrected chi connectivity index (χ3v) is 5.16. The summed E-state index contributed by atoms with van der Waals surface area (Å²) in [5.41, 5.74) is 2.22. The molecule has 0 aliphatic carbocycles. The number of hydrogen-bond acceptors (Lipinski definition) is 7. The van der Waals surface area contributed by atoms with Gasteiger partial charge in [-0.2, -0.15) is 13.2 Å². The highest BCUT2D eigenvalue weighted by Crippen LogP contribution is 2.27. The Kier molecular flexibility index (Phi) is 9.13. The van der Waals surface area contributed by atoms with Crippen molar-refractivity contribution in [2.45, 2.75) is 19.6 Å². The minimum Gasteiger partial charge on any atom is -0.495 e. The largest absolute Gasteiger partial charge is 0.495 e. The highest BCUT2D eigenvalue weighted by Gasteiger charge is 2.42. The van der Waals surface area contributed by atoms with E-state index >= 15 is 0 Å². The maximum Gasteiger partial charge on any atom is 0.491 e. The van der Waals surface area contributed by atoms with Gasteiger partial charge < -0.3 is 28.8 Å². The zero-order valence-corrected chi connectivity index (χ0v) is 20.9. The van der Waals surface area contributed by atoms with Crippen LogP contribution in [0.25, 0.3) is 11.8 Å². The van der Waals surface area contributed by atoms with Crippen LogP contribution in [0.4, 0.5) is 13.2 Å². The van der Waals surface area contributed by atoms with Crippen LogP contribution in [-0.4, -0.2) is 65.0 Å². The molecule has 0 radical (unpaired) electrons. The number of ether oxygens (including phenoxy) is 3. The van der Waals surface area contributed by atoms with Crippen molar-refractivity contribution in [3.05, 3.63) is 77.6 Å². The van der Waals surface area contributed by atoms with Gasteiger partial charge in [0, 0.05) is 19.8 Å². The van der Waals surface area contributed by atoms with Crippen molar-refractivity contribution in [2.75, 3.05) is 27.4 Å². The van der Waals surface area contributed by atoms with Crippen LogP contribution in [0.15, 0.2) is 60.7 Å². The Labute approximate surface area is 216 Å². The van der Waals surface area contributed by atoms with E-state index in [2.05, 4.69) is 9.72 Å². The molecule has 0 fully saturated rings. The minimum atomic E-state index is -5.31. The van der Waals surface area contributed by atoms with Gasteiger partial charge in [0.1, 0.15) is 18.1 Å². The van der Waals surface area contributed by atoms with E-state index in [1.165, 1.54) is 26.3 Å². The minimum absolute atomic E-state index is 0.0295. The van der Waals surface area contributed by atoms with Crippen molar-refractivity contribution >= 4 is 18.0 Å². The highest BCUT2D eigenvalue weighted by molar-refractivity contribution is 5.98. The van der Waals surface area contributed by atoms with Gasteiger partial charge in [-0.3, -0.25) is 4.79 Å². The first-order valence-electron chi connectivity index (χ1n) is 11.3. The lowest BCUT2D eigenvalue weighted by atomic mass is 10.1. The van der Waals surface area contributed by atoms with Crippen LogP contribution in [0, 0.1) is 6.92 Å². The topological polar surface area (TPSA) is 103 Å². The van der Waals surface area contributed by atoms with E-state index in [0.29, 0.717) is 22.7 Å². The lowest BCUT2D eigenvalue weighted by Crippen LogP contribution is -2.32. The lowest BCUT2D eigenvalue weighted by Gasteiger charge is -2.20. The number of rotatable bonds is 10. The molecule has 0 bridgehead atoms. The number of alkyl halides is 3. The predicted octanol–water partition coefficient (Wildman–Crippen LogP) is 3.67. The molecule has 3 rings (SSSR count). The van der Waals surface area contributed by atoms with Crippen LogP contribution in [0.1, 0.15) is 16.8 Å². The molecular weight excluding hydrogens is 507 g/mol. The van der Waals surface area contributed by atoms with E-state index in [1.54, 1.807) is 47.4 Å². The molecular formula is C26H26F3N3O6. The second-order valence-electron chi connectivity index (χ2n) is 8.13. The second-order valence-corrected chi connectivity index (χ2v) is 8.13. The quantitative estimate of drug-likeness (QED) is 0.241. The number of carbonyl (C=O) groups is 2. The maximum atomic E-state index is 13.1. The van der Waals surface area contributed by atoms with E-state index in [9.17, 15) is 22.8 Å². The number of aliphatic hydroxyl groups is 1. The molecule has 3 aromatic rings. The summed E-state index contributed by atoms with van der Waals surface area (Å²) in [6.07, 6.45) is -0.945. The number of esters is 1. The number of methoxy groups -OCH3 is 1. The summed E-state index contributed by atoms with van der Waals surface area (Å²) >= 11 is 0. The molecule has 0 unspecified atom stereocenters.